The molecule has 1 fully saturated rings. The van der Waals surface area contributed by atoms with E-state index in [1.54, 1.807) is 0 Å². The third-order valence-corrected chi connectivity index (χ3v) is 1.58. The van der Waals surface area contributed by atoms with Gasteiger partial charge in [0.05, 0.1) is 0 Å². The van der Waals surface area contributed by atoms with Crippen molar-refractivity contribution in [2.24, 2.45) is 11.0 Å². The van der Waals surface area contributed by atoms with Gasteiger partial charge in [-0.3, -0.25) is 4.79 Å². The van der Waals surface area contributed by atoms with Crippen molar-refractivity contribution in [3.8, 4) is 0 Å². The first-order valence-corrected chi connectivity index (χ1v) is 3.98. The van der Waals surface area contributed by atoms with Crippen LogP contribution in [0.4, 0.5) is 0 Å². The Morgan fingerprint density at radius 1 is 1.55 bits per heavy atom. The maximum absolute atomic E-state index is 11.0. The minimum absolute atomic E-state index is 0.0497. The predicted octanol–water partition coefficient (Wildman–Crippen LogP) is 1.30. The van der Waals surface area contributed by atoms with Gasteiger partial charge in [-0.15, -0.1) is 0 Å². The molecule has 0 saturated heterocycles. The number of amides is 1. The summed E-state index contributed by atoms with van der Waals surface area (Å²) in [6, 6.07) is 0. The van der Waals surface area contributed by atoms with Gasteiger partial charge < -0.3 is 0 Å². The maximum Gasteiger partial charge on any atom is 0.240 e. The van der Waals surface area contributed by atoms with E-state index in [2.05, 4.69) is 10.5 Å². The molecule has 1 N–H and O–H groups in total. The van der Waals surface area contributed by atoms with Crippen LogP contribution in [0.3, 0.4) is 0 Å². The first kappa shape index (κ1) is 8.24. The molecule has 0 aromatic carbocycles. The highest BCUT2D eigenvalue weighted by atomic mass is 16.2. The van der Waals surface area contributed by atoms with Gasteiger partial charge in [-0.1, -0.05) is 0 Å². The zero-order valence-electron chi connectivity index (χ0n) is 7.05. The van der Waals surface area contributed by atoms with Gasteiger partial charge in [0.2, 0.25) is 5.91 Å². The second-order valence-electron chi connectivity index (χ2n) is 3.24. The molecule has 0 aliphatic heterocycles. The van der Waals surface area contributed by atoms with E-state index >= 15 is 0 Å². The highest BCUT2D eigenvalue weighted by Gasteiger charge is 2.23. The summed E-state index contributed by atoms with van der Waals surface area (Å²) in [7, 11) is 0. The van der Waals surface area contributed by atoms with E-state index < -0.39 is 0 Å². The monoisotopic (exact) mass is 154 g/mol. The predicted molar refractivity (Wildman–Crippen MR) is 44.3 cm³/mol. The summed E-state index contributed by atoms with van der Waals surface area (Å²) in [5, 5.41) is 3.82. The van der Waals surface area contributed by atoms with E-state index in [1.165, 1.54) is 12.8 Å². The average molecular weight is 154 g/mol. The Hall–Kier alpha value is -0.860. The fraction of sp³-hybridized carbons (Fsp3) is 0.750. The van der Waals surface area contributed by atoms with Crippen LogP contribution in [0.1, 0.15) is 33.1 Å². The van der Waals surface area contributed by atoms with E-state index in [-0.39, 0.29) is 5.91 Å². The number of hydrazone groups is 1. The van der Waals surface area contributed by atoms with Gasteiger partial charge in [0.25, 0.3) is 0 Å². The zero-order valence-corrected chi connectivity index (χ0v) is 7.05. The van der Waals surface area contributed by atoms with Crippen molar-refractivity contribution in [2.45, 2.75) is 33.1 Å². The van der Waals surface area contributed by atoms with E-state index in [9.17, 15) is 4.79 Å². The maximum atomic E-state index is 11.0. The van der Waals surface area contributed by atoms with Crippen LogP contribution in [-0.4, -0.2) is 11.6 Å². The number of hydrogen-bond donors (Lipinski definition) is 1. The molecule has 0 aromatic rings. The quantitative estimate of drug-likeness (QED) is 0.483. The molecule has 0 atom stereocenters. The van der Waals surface area contributed by atoms with Gasteiger partial charge in [0.1, 0.15) is 0 Å². The highest BCUT2D eigenvalue weighted by molar-refractivity contribution is 5.82. The van der Waals surface area contributed by atoms with E-state index in [4.69, 9.17) is 0 Å². The molecule has 0 aromatic heterocycles. The minimum Gasteiger partial charge on any atom is -0.273 e. The molecular formula is C8H14N2O. The molecule has 0 spiro atoms. The number of hydrogen-bond acceptors (Lipinski definition) is 2. The molecule has 1 aliphatic carbocycles. The highest BCUT2D eigenvalue weighted by Crippen LogP contribution is 2.31. The fourth-order valence-corrected chi connectivity index (χ4v) is 0.804. The van der Waals surface area contributed by atoms with E-state index in [1.807, 2.05) is 13.8 Å². The lowest BCUT2D eigenvalue weighted by Gasteiger charge is -1.97. The summed E-state index contributed by atoms with van der Waals surface area (Å²) < 4.78 is 0. The average Bonchev–Trinajstić information content (AvgIpc) is 2.67. The van der Waals surface area contributed by atoms with Crippen molar-refractivity contribution in [3.05, 3.63) is 0 Å². The summed E-state index contributed by atoms with van der Waals surface area (Å²) >= 11 is 0. The summed E-state index contributed by atoms with van der Waals surface area (Å²) in [6.07, 6.45) is 3.07. The van der Waals surface area contributed by atoms with Crippen LogP contribution in [0.2, 0.25) is 0 Å². The number of carbonyl (C=O) groups is 1. The molecule has 62 valence electrons. The summed E-state index contributed by atoms with van der Waals surface area (Å²) in [6.45, 7) is 3.72. The van der Waals surface area contributed by atoms with Crippen molar-refractivity contribution in [1.29, 1.82) is 0 Å². The standard InChI is InChI=1S/C8H14N2O/c1-6(2)9-10-8(11)5-7-3-4-7/h7H,3-5H2,1-2H3,(H,10,11). The SMILES string of the molecule is CC(C)=NNC(=O)CC1CC1. The van der Waals surface area contributed by atoms with Gasteiger partial charge >= 0.3 is 0 Å². The molecule has 1 amide bonds. The van der Waals surface area contributed by atoms with Crippen molar-refractivity contribution >= 4 is 11.6 Å². The van der Waals surface area contributed by atoms with Crippen molar-refractivity contribution in [3.63, 3.8) is 0 Å². The Morgan fingerprint density at radius 3 is 2.64 bits per heavy atom. The summed E-state index contributed by atoms with van der Waals surface area (Å²) in [5.41, 5.74) is 3.39. The molecule has 3 heteroatoms. The normalized spacial score (nSPS) is 15.8. The molecule has 3 nitrogen and oxygen atoms in total. The van der Waals surface area contributed by atoms with Gasteiger partial charge in [-0.25, -0.2) is 5.43 Å². The molecule has 1 rings (SSSR count). The third kappa shape index (κ3) is 3.75. The van der Waals surface area contributed by atoms with E-state index in [0.717, 1.165) is 5.71 Å². The number of carbonyl (C=O) groups excluding carboxylic acids is 1. The number of nitrogens with one attached hydrogen (secondary N) is 1. The molecule has 0 bridgehead atoms. The first-order valence-electron chi connectivity index (χ1n) is 3.98. The van der Waals surface area contributed by atoms with Crippen LogP contribution in [0, 0.1) is 5.92 Å². The Morgan fingerprint density at radius 2 is 2.18 bits per heavy atom. The van der Waals surface area contributed by atoms with Crippen LogP contribution in [0.15, 0.2) is 5.10 Å². The van der Waals surface area contributed by atoms with Crippen molar-refractivity contribution in [2.75, 3.05) is 0 Å². The Balaban J connectivity index is 2.14. The molecule has 0 heterocycles. The molecule has 0 unspecified atom stereocenters. The van der Waals surface area contributed by atoms with Gasteiger partial charge in [-0.05, 0) is 32.6 Å². The van der Waals surface area contributed by atoms with Crippen molar-refractivity contribution < 1.29 is 4.79 Å². The summed E-state index contributed by atoms with van der Waals surface area (Å²) in [5.74, 6) is 0.691. The molecule has 1 aliphatic rings. The van der Waals surface area contributed by atoms with Gasteiger partial charge in [0.15, 0.2) is 0 Å². The number of rotatable bonds is 3. The fourth-order valence-electron chi connectivity index (χ4n) is 0.804. The Labute approximate surface area is 66.9 Å². The van der Waals surface area contributed by atoms with Crippen molar-refractivity contribution in [1.82, 2.24) is 5.43 Å². The molecule has 1 saturated carbocycles. The van der Waals surface area contributed by atoms with Gasteiger partial charge in [-0.2, -0.15) is 5.10 Å². The Bertz CT molecular complexity index is 179. The summed E-state index contributed by atoms with van der Waals surface area (Å²) in [4.78, 5) is 11.0. The lowest BCUT2D eigenvalue weighted by Crippen LogP contribution is -2.18. The van der Waals surface area contributed by atoms with Crippen LogP contribution in [-0.2, 0) is 4.79 Å². The van der Waals surface area contributed by atoms with Gasteiger partial charge in [0, 0.05) is 12.1 Å². The lowest BCUT2D eigenvalue weighted by atomic mass is 10.3. The van der Waals surface area contributed by atoms with E-state index in [0.29, 0.717) is 12.3 Å². The topological polar surface area (TPSA) is 41.5 Å². The zero-order chi connectivity index (χ0) is 8.27. The van der Waals surface area contributed by atoms with Crippen LogP contribution < -0.4 is 5.43 Å². The second kappa shape index (κ2) is 3.51. The molecule has 0 radical (unpaired) electrons. The Kier molecular flexibility index (Phi) is 2.63. The smallest absolute Gasteiger partial charge is 0.240 e. The second-order valence-corrected chi connectivity index (χ2v) is 3.24. The third-order valence-electron chi connectivity index (χ3n) is 1.58. The number of nitrogens with zero attached hydrogens (tertiary/aromatic N) is 1. The lowest BCUT2D eigenvalue weighted by molar-refractivity contribution is -0.121. The van der Waals surface area contributed by atoms with Crippen LogP contribution in [0.25, 0.3) is 0 Å². The minimum atomic E-state index is 0.0497. The largest absolute Gasteiger partial charge is 0.273 e. The van der Waals surface area contributed by atoms with Crippen LogP contribution >= 0.6 is 0 Å². The molecule has 11 heavy (non-hydrogen) atoms. The molecular weight excluding hydrogens is 140 g/mol. The first-order chi connectivity index (χ1) is 5.18. The van der Waals surface area contributed by atoms with Crippen LogP contribution in [0.5, 0.6) is 0 Å².